The lowest BCUT2D eigenvalue weighted by Gasteiger charge is -2.49. The molecular weight excluding hydrogens is 232 g/mol. The SMILES string of the molecule is CC(C)CCC(C=O)CC1(C)C2CCC(C2)C1(C)C. The molecule has 1 heteroatoms. The standard InChI is InChI=1S/C18H32O/c1-13(2)6-7-14(12-19)11-18(5)16-9-8-15(10-16)17(18,3)4/h12-16H,6-11H2,1-5H3. The molecular formula is C18H32O. The second-order valence-electron chi connectivity index (χ2n) is 8.42. The molecule has 0 amide bonds. The van der Waals surface area contributed by atoms with E-state index >= 15 is 0 Å². The van der Waals surface area contributed by atoms with Crippen LogP contribution in [0.4, 0.5) is 0 Å². The molecule has 4 unspecified atom stereocenters. The van der Waals surface area contributed by atoms with Crippen LogP contribution in [0.1, 0.15) is 73.1 Å². The molecule has 0 aromatic rings. The molecule has 0 saturated heterocycles. The van der Waals surface area contributed by atoms with Crippen LogP contribution < -0.4 is 0 Å². The molecule has 4 atom stereocenters. The molecule has 2 rings (SSSR count). The highest BCUT2D eigenvalue weighted by molar-refractivity contribution is 5.53. The maximum atomic E-state index is 11.5. The van der Waals surface area contributed by atoms with Crippen LogP contribution in [-0.2, 0) is 4.79 Å². The third-order valence-corrected chi connectivity index (χ3v) is 6.82. The van der Waals surface area contributed by atoms with Crippen LogP contribution in [-0.4, -0.2) is 6.29 Å². The Morgan fingerprint density at radius 3 is 2.21 bits per heavy atom. The van der Waals surface area contributed by atoms with E-state index in [0.29, 0.717) is 16.7 Å². The summed E-state index contributed by atoms with van der Waals surface area (Å²) < 4.78 is 0. The number of rotatable bonds is 6. The minimum Gasteiger partial charge on any atom is -0.303 e. The minimum atomic E-state index is 0.283. The minimum absolute atomic E-state index is 0.283. The molecule has 110 valence electrons. The average Bonchev–Trinajstić information content (AvgIpc) is 2.88. The number of fused-ring (bicyclic) bond motifs is 2. The highest BCUT2D eigenvalue weighted by Gasteiger charge is 2.60. The predicted octanol–water partition coefficient (Wildman–Crippen LogP) is 5.09. The van der Waals surface area contributed by atoms with Gasteiger partial charge in [0.25, 0.3) is 0 Å². The first kappa shape index (κ1) is 15.1. The van der Waals surface area contributed by atoms with E-state index < -0.39 is 0 Å². The van der Waals surface area contributed by atoms with Gasteiger partial charge in [-0.25, -0.2) is 0 Å². The van der Waals surface area contributed by atoms with Crippen molar-refractivity contribution in [3.8, 4) is 0 Å². The van der Waals surface area contributed by atoms with Gasteiger partial charge in [-0.05, 0) is 60.7 Å². The van der Waals surface area contributed by atoms with Crippen molar-refractivity contribution in [3.05, 3.63) is 0 Å². The first-order chi connectivity index (χ1) is 8.81. The lowest BCUT2D eigenvalue weighted by atomic mass is 9.56. The third kappa shape index (κ3) is 2.50. The number of carbonyl (C=O) groups excluding carboxylic acids is 1. The summed E-state index contributed by atoms with van der Waals surface area (Å²) in [7, 11) is 0. The fourth-order valence-electron chi connectivity index (χ4n) is 4.95. The molecule has 0 heterocycles. The van der Waals surface area contributed by atoms with Crippen molar-refractivity contribution in [1.82, 2.24) is 0 Å². The summed E-state index contributed by atoms with van der Waals surface area (Å²) in [6.07, 6.45) is 8.88. The normalized spacial score (nSPS) is 37.8. The average molecular weight is 264 g/mol. The second-order valence-corrected chi connectivity index (χ2v) is 8.42. The summed E-state index contributed by atoms with van der Waals surface area (Å²) in [5, 5.41) is 0. The van der Waals surface area contributed by atoms with E-state index in [2.05, 4.69) is 34.6 Å². The maximum absolute atomic E-state index is 11.5. The highest BCUT2D eigenvalue weighted by atomic mass is 16.1. The van der Waals surface area contributed by atoms with Gasteiger partial charge in [-0.3, -0.25) is 0 Å². The van der Waals surface area contributed by atoms with E-state index in [1.807, 2.05) is 0 Å². The first-order valence-corrected chi connectivity index (χ1v) is 8.26. The number of carbonyl (C=O) groups is 1. The van der Waals surface area contributed by atoms with Gasteiger partial charge in [0.05, 0.1) is 0 Å². The van der Waals surface area contributed by atoms with E-state index in [9.17, 15) is 4.79 Å². The molecule has 0 radical (unpaired) electrons. The van der Waals surface area contributed by atoms with Gasteiger partial charge in [0.1, 0.15) is 6.29 Å². The summed E-state index contributed by atoms with van der Waals surface area (Å²) in [6, 6.07) is 0. The van der Waals surface area contributed by atoms with Crippen molar-refractivity contribution >= 4 is 6.29 Å². The Balaban J connectivity index is 2.05. The molecule has 0 N–H and O–H groups in total. The summed E-state index contributed by atoms with van der Waals surface area (Å²) in [5.74, 6) is 2.77. The molecule has 2 bridgehead atoms. The Morgan fingerprint density at radius 2 is 1.74 bits per heavy atom. The third-order valence-electron chi connectivity index (χ3n) is 6.82. The zero-order valence-electron chi connectivity index (χ0n) is 13.5. The highest BCUT2D eigenvalue weighted by Crippen LogP contribution is 2.68. The molecule has 0 aromatic heterocycles. The summed E-state index contributed by atoms with van der Waals surface area (Å²) in [6.45, 7) is 11.9. The quantitative estimate of drug-likeness (QED) is 0.611. The molecule has 0 spiro atoms. The zero-order valence-corrected chi connectivity index (χ0v) is 13.5. The van der Waals surface area contributed by atoms with E-state index in [1.165, 1.54) is 32.0 Å². The Morgan fingerprint density at radius 1 is 1.11 bits per heavy atom. The lowest BCUT2D eigenvalue weighted by molar-refractivity contribution is -0.114. The van der Waals surface area contributed by atoms with Crippen LogP contribution >= 0.6 is 0 Å². The molecule has 19 heavy (non-hydrogen) atoms. The van der Waals surface area contributed by atoms with Gasteiger partial charge in [0.2, 0.25) is 0 Å². The van der Waals surface area contributed by atoms with Gasteiger partial charge in [-0.2, -0.15) is 0 Å². The molecule has 2 aliphatic carbocycles. The molecule has 2 saturated carbocycles. The van der Waals surface area contributed by atoms with Crippen LogP contribution in [0.3, 0.4) is 0 Å². The van der Waals surface area contributed by atoms with Gasteiger partial charge >= 0.3 is 0 Å². The summed E-state index contributed by atoms with van der Waals surface area (Å²) in [5.41, 5.74) is 0.813. The Hall–Kier alpha value is -0.330. The lowest BCUT2D eigenvalue weighted by Crippen LogP contribution is -2.42. The van der Waals surface area contributed by atoms with Crippen LogP contribution in [0.25, 0.3) is 0 Å². The Labute approximate surface area is 119 Å². The maximum Gasteiger partial charge on any atom is 0.123 e. The van der Waals surface area contributed by atoms with Crippen molar-refractivity contribution in [2.24, 2.45) is 34.5 Å². The van der Waals surface area contributed by atoms with Crippen LogP contribution in [0.2, 0.25) is 0 Å². The van der Waals surface area contributed by atoms with Crippen molar-refractivity contribution in [1.29, 1.82) is 0 Å². The number of hydrogen-bond donors (Lipinski definition) is 0. The van der Waals surface area contributed by atoms with Crippen LogP contribution in [0, 0.1) is 34.5 Å². The van der Waals surface area contributed by atoms with E-state index in [1.54, 1.807) is 0 Å². The van der Waals surface area contributed by atoms with Crippen molar-refractivity contribution < 1.29 is 4.79 Å². The van der Waals surface area contributed by atoms with Crippen LogP contribution in [0.15, 0.2) is 0 Å². The van der Waals surface area contributed by atoms with Gasteiger partial charge in [0, 0.05) is 5.92 Å². The first-order valence-electron chi connectivity index (χ1n) is 8.26. The van der Waals surface area contributed by atoms with Gasteiger partial charge in [-0.1, -0.05) is 41.0 Å². The topological polar surface area (TPSA) is 17.1 Å². The fraction of sp³-hybridized carbons (Fsp3) is 0.944. The summed E-state index contributed by atoms with van der Waals surface area (Å²) >= 11 is 0. The Bertz CT molecular complexity index is 331. The molecule has 2 aliphatic rings. The largest absolute Gasteiger partial charge is 0.303 e. The van der Waals surface area contributed by atoms with Crippen molar-refractivity contribution in [2.75, 3.05) is 0 Å². The van der Waals surface area contributed by atoms with E-state index in [-0.39, 0.29) is 5.92 Å². The molecule has 0 aromatic carbocycles. The van der Waals surface area contributed by atoms with E-state index in [0.717, 1.165) is 24.7 Å². The molecule has 2 fully saturated rings. The molecule has 0 aliphatic heterocycles. The number of hydrogen-bond acceptors (Lipinski definition) is 1. The van der Waals surface area contributed by atoms with Gasteiger partial charge in [0.15, 0.2) is 0 Å². The molecule has 1 nitrogen and oxygen atoms in total. The smallest absolute Gasteiger partial charge is 0.123 e. The van der Waals surface area contributed by atoms with Gasteiger partial charge in [-0.15, -0.1) is 0 Å². The predicted molar refractivity (Wildman–Crippen MR) is 81.0 cm³/mol. The fourth-order valence-corrected chi connectivity index (χ4v) is 4.95. The zero-order chi connectivity index (χ0) is 14.3. The van der Waals surface area contributed by atoms with E-state index in [4.69, 9.17) is 0 Å². The Kier molecular flexibility index (Phi) is 4.14. The van der Waals surface area contributed by atoms with Crippen LogP contribution in [0.5, 0.6) is 0 Å². The summed E-state index contributed by atoms with van der Waals surface area (Å²) in [4.78, 5) is 11.5. The number of aldehydes is 1. The van der Waals surface area contributed by atoms with Crippen molar-refractivity contribution in [3.63, 3.8) is 0 Å². The van der Waals surface area contributed by atoms with Crippen molar-refractivity contribution in [2.45, 2.75) is 73.1 Å². The van der Waals surface area contributed by atoms with Gasteiger partial charge < -0.3 is 4.79 Å². The monoisotopic (exact) mass is 264 g/mol. The second kappa shape index (κ2) is 5.22.